The summed E-state index contributed by atoms with van der Waals surface area (Å²) in [6.45, 7) is 4.63. The van der Waals surface area contributed by atoms with Gasteiger partial charge in [0.2, 0.25) is 0 Å². The van der Waals surface area contributed by atoms with Gasteiger partial charge in [-0.2, -0.15) is 5.26 Å². The van der Waals surface area contributed by atoms with E-state index in [1.54, 1.807) is 0 Å². The van der Waals surface area contributed by atoms with Gasteiger partial charge in [-0.15, -0.1) is 0 Å². The van der Waals surface area contributed by atoms with Gasteiger partial charge >= 0.3 is 0 Å². The molecule has 2 atom stereocenters. The molecule has 4 heteroatoms. The van der Waals surface area contributed by atoms with Crippen LogP contribution in [0.2, 0.25) is 0 Å². The zero-order valence-electron chi connectivity index (χ0n) is 6.29. The molecule has 0 saturated heterocycles. The third-order valence-corrected chi connectivity index (χ3v) is 1.35. The normalized spacial score (nSPS) is 13.1. The quantitative estimate of drug-likeness (QED) is 0.615. The van der Waals surface area contributed by atoms with Crippen molar-refractivity contribution in [1.82, 2.24) is 5.32 Å². The molecule has 0 spiro atoms. The molecule has 10 heavy (non-hydrogen) atoms. The van der Waals surface area contributed by atoms with Gasteiger partial charge in [-0.3, -0.25) is 0 Å². The van der Waals surface area contributed by atoms with E-state index in [4.69, 9.17) is 9.79 Å². The number of hydrogen-bond donors (Lipinski definition) is 1. The second-order valence-electron chi connectivity index (χ2n) is 2.32. The number of nitrogens with one attached hydrogen (secondary N) is 1. The standard InChI is InChI=1S/C6H13N2OP/c1-5(2)8-4-6(3-7)9-10/h5-6,8H,4,10H2,1-2H3. The van der Waals surface area contributed by atoms with Gasteiger partial charge in [0.25, 0.3) is 0 Å². The van der Waals surface area contributed by atoms with Crippen molar-refractivity contribution in [3.05, 3.63) is 0 Å². The Morgan fingerprint density at radius 3 is 2.60 bits per heavy atom. The van der Waals surface area contributed by atoms with Crippen molar-refractivity contribution in [3.63, 3.8) is 0 Å². The molecule has 0 heterocycles. The summed E-state index contributed by atoms with van der Waals surface area (Å²) in [5.74, 6) is 0. The molecular formula is C6H13N2OP. The minimum absolute atomic E-state index is 0.354. The fourth-order valence-corrected chi connectivity index (χ4v) is 0.624. The van der Waals surface area contributed by atoms with Gasteiger partial charge in [-0.1, -0.05) is 13.8 Å². The van der Waals surface area contributed by atoms with Crippen molar-refractivity contribution in [2.24, 2.45) is 0 Å². The van der Waals surface area contributed by atoms with E-state index in [0.29, 0.717) is 12.6 Å². The molecule has 0 aliphatic heterocycles. The largest absolute Gasteiger partial charge is 0.346 e. The Labute approximate surface area is 64.0 Å². The maximum Gasteiger partial charge on any atom is 0.159 e. The second kappa shape index (κ2) is 5.61. The summed E-state index contributed by atoms with van der Waals surface area (Å²) in [5.41, 5.74) is 0. The lowest BCUT2D eigenvalue weighted by molar-refractivity contribution is 0.287. The van der Waals surface area contributed by atoms with E-state index >= 15 is 0 Å². The first kappa shape index (κ1) is 9.84. The molecule has 0 radical (unpaired) electrons. The number of nitrogens with zero attached hydrogens (tertiary/aromatic N) is 1. The number of rotatable bonds is 4. The molecule has 0 aliphatic rings. The number of nitriles is 1. The van der Waals surface area contributed by atoms with Crippen LogP contribution in [0.15, 0.2) is 0 Å². The zero-order chi connectivity index (χ0) is 7.98. The minimum Gasteiger partial charge on any atom is -0.346 e. The highest BCUT2D eigenvalue weighted by Gasteiger charge is 2.04. The average molecular weight is 160 g/mol. The molecular weight excluding hydrogens is 147 g/mol. The van der Waals surface area contributed by atoms with Gasteiger partial charge < -0.3 is 9.84 Å². The van der Waals surface area contributed by atoms with Crippen LogP contribution >= 0.6 is 9.47 Å². The van der Waals surface area contributed by atoms with Crippen LogP contribution in [0, 0.1) is 11.3 Å². The lowest BCUT2D eigenvalue weighted by Crippen LogP contribution is -2.31. The van der Waals surface area contributed by atoms with Crippen molar-refractivity contribution < 1.29 is 4.52 Å². The van der Waals surface area contributed by atoms with Crippen molar-refractivity contribution in [2.45, 2.75) is 26.0 Å². The van der Waals surface area contributed by atoms with E-state index in [1.807, 2.05) is 19.9 Å². The summed E-state index contributed by atoms with van der Waals surface area (Å²) in [7, 11) is 2.08. The van der Waals surface area contributed by atoms with Gasteiger partial charge in [-0.25, -0.2) is 0 Å². The van der Waals surface area contributed by atoms with E-state index in [9.17, 15) is 0 Å². The Kier molecular flexibility index (Phi) is 5.52. The molecule has 0 aliphatic carbocycles. The van der Waals surface area contributed by atoms with E-state index in [-0.39, 0.29) is 6.10 Å². The van der Waals surface area contributed by atoms with Crippen molar-refractivity contribution >= 4 is 9.47 Å². The highest BCUT2D eigenvalue weighted by atomic mass is 31.0. The van der Waals surface area contributed by atoms with Gasteiger partial charge in [0.1, 0.15) is 0 Å². The predicted molar refractivity (Wildman–Crippen MR) is 43.3 cm³/mol. The van der Waals surface area contributed by atoms with Gasteiger partial charge in [0.05, 0.1) is 6.07 Å². The summed E-state index contributed by atoms with van der Waals surface area (Å²) in [5, 5.41) is 11.5. The lowest BCUT2D eigenvalue weighted by atomic mass is 10.3. The van der Waals surface area contributed by atoms with E-state index in [1.165, 1.54) is 0 Å². The summed E-state index contributed by atoms with van der Waals surface area (Å²) >= 11 is 0. The molecule has 0 aromatic rings. The molecule has 0 bridgehead atoms. The zero-order valence-corrected chi connectivity index (χ0v) is 7.45. The molecule has 0 saturated carbocycles. The molecule has 0 aromatic heterocycles. The monoisotopic (exact) mass is 160 g/mol. The minimum atomic E-state index is -0.354. The van der Waals surface area contributed by atoms with Crippen LogP contribution in [0.1, 0.15) is 13.8 Å². The van der Waals surface area contributed by atoms with Crippen molar-refractivity contribution in [1.29, 1.82) is 5.26 Å². The highest BCUT2D eigenvalue weighted by Crippen LogP contribution is 1.94. The first-order chi connectivity index (χ1) is 4.70. The smallest absolute Gasteiger partial charge is 0.159 e. The molecule has 0 amide bonds. The topological polar surface area (TPSA) is 45.0 Å². The van der Waals surface area contributed by atoms with Gasteiger partial charge in [-0.05, 0) is 0 Å². The van der Waals surface area contributed by atoms with Crippen LogP contribution in [-0.4, -0.2) is 18.7 Å². The predicted octanol–water partition coefficient (Wildman–Crippen LogP) is 0.683. The first-order valence-corrected chi connectivity index (χ1v) is 3.66. The maximum atomic E-state index is 8.41. The fraction of sp³-hybridized carbons (Fsp3) is 0.833. The molecule has 0 aromatic carbocycles. The Morgan fingerprint density at radius 2 is 2.30 bits per heavy atom. The average Bonchev–Trinajstić information content (AvgIpc) is 1.90. The van der Waals surface area contributed by atoms with Crippen LogP contribution < -0.4 is 5.32 Å². The van der Waals surface area contributed by atoms with Crippen molar-refractivity contribution in [3.8, 4) is 6.07 Å². The second-order valence-corrected chi connectivity index (χ2v) is 2.59. The highest BCUT2D eigenvalue weighted by molar-refractivity contribution is 7.09. The molecule has 58 valence electrons. The van der Waals surface area contributed by atoms with Crippen molar-refractivity contribution in [2.75, 3.05) is 6.54 Å². The Morgan fingerprint density at radius 1 is 1.70 bits per heavy atom. The van der Waals surface area contributed by atoms with Crippen LogP contribution in [0.5, 0.6) is 0 Å². The first-order valence-electron chi connectivity index (χ1n) is 3.19. The van der Waals surface area contributed by atoms with Crippen LogP contribution in [0.3, 0.4) is 0 Å². The van der Waals surface area contributed by atoms with Gasteiger partial charge in [0, 0.05) is 22.1 Å². The van der Waals surface area contributed by atoms with Crippen LogP contribution in [0.4, 0.5) is 0 Å². The van der Waals surface area contributed by atoms with E-state index < -0.39 is 0 Å². The van der Waals surface area contributed by atoms with Crippen LogP contribution in [0.25, 0.3) is 0 Å². The maximum absolute atomic E-state index is 8.41. The van der Waals surface area contributed by atoms with E-state index in [0.717, 1.165) is 0 Å². The SMILES string of the molecule is CC(C)NCC(C#N)OP. The van der Waals surface area contributed by atoms with E-state index in [2.05, 4.69) is 14.8 Å². The van der Waals surface area contributed by atoms with Gasteiger partial charge in [0.15, 0.2) is 6.10 Å². The summed E-state index contributed by atoms with van der Waals surface area (Å²) in [6, 6.07) is 2.40. The Balaban J connectivity index is 3.38. The molecule has 1 N–H and O–H groups in total. The third kappa shape index (κ3) is 4.69. The third-order valence-electron chi connectivity index (χ3n) is 1.02. The Bertz CT molecular complexity index is 121. The fourth-order valence-electron chi connectivity index (χ4n) is 0.467. The lowest BCUT2D eigenvalue weighted by Gasteiger charge is -2.10. The number of hydrogen-bond acceptors (Lipinski definition) is 3. The molecule has 2 unspecified atom stereocenters. The van der Waals surface area contributed by atoms with Crippen LogP contribution in [-0.2, 0) is 4.52 Å². The Hall–Kier alpha value is -0.160. The summed E-state index contributed by atoms with van der Waals surface area (Å²) in [6.07, 6.45) is -0.354. The molecule has 0 fully saturated rings. The molecule has 0 rings (SSSR count). The summed E-state index contributed by atoms with van der Waals surface area (Å²) in [4.78, 5) is 0. The molecule has 3 nitrogen and oxygen atoms in total. The summed E-state index contributed by atoms with van der Waals surface area (Å²) < 4.78 is 4.74.